The monoisotopic (exact) mass is 574 g/mol. The Balaban J connectivity index is 1.40. The highest BCUT2D eigenvalue weighted by molar-refractivity contribution is 7.11. The lowest BCUT2D eigenvalue weighted by molar-refractivity contribution is -0.139. The van der Waals surface area contributed by atoms with Crippen molar-refractivity contribution in [1.82, 2.24) is 15.2 Å². The number of amidine groups is 1. The lowest BCUT2D eigenvalue weighted by Crippen LogP contribution is -2.69. The van der Waals surface area contributed by atoms with Crippen molar-refractivity contribution < 1.29 is 28.6 Å². The second-order valence-electron chi connectivity index (χ2n) is 10.5. The highest BCUT2D eigenvalue weighted by Gasteiger charge is 2.67. The topological polar surface area (TPSA) is 113 Å². The van der Waals surface area contributed by atoms with Crippen LogP contribution in [0.15, 0.2) is 46.0 Å². The van der Waals surface area contributed by atoms with Crippen LogP contribution in [0.4, 0.5) is 4.39 Å². The van der Waals surface area contributed by atoms with E-state index < -0.39 is 23.8 Å². The van der Waals surface area contributed by atoms with Crippen molar-refractivity contribution in [3.8, 4) is 0 Å². The van der Waals surface area contributed by atoms with Crippen molar-refractivity contribution in [2.24, 2.45) is 16.3 Å². The number of hydrogen-bond acceptors (Lipinski definition) is 9. The van der Waals surface area contributed by atoms with E-state index in [4.69, 9.17) is 26.1 Å². The number of thiazole rings is 1. The van der Waals surface area contributed by atoms with Crippen LogP contribution in [0.3, 0.4) is 0 Å². The summed E-state index contributed by atoms with van der Waals surface area (Å²) >= 11 is 7.89. The van der Waals surface area contributed by atoms with Gasteiger partial charge in [0.15, 0.2) is 10.8 Å². The summed E-state index contributed by atoms with van der Waals surface area (Å²) in [5.41, 5.74) is 1.34. The second-order valence-corrected chi connectivity index (χ2v) is 11.8. The number of benzene rings is 1. The summed E-state index contributed by atoms with van der Waals surface area (Å²) in [4.78, 5) is 36.5. The number of carbonyl (C=O) groups is 2. The molecule has 12 heteroatoms. The van der Waals surface area contributed by atoms with Gasteiger partial charge in [0.05, 0.1) is 25.4 Å². The second kappa shape index (κ2) is 10.3. The molecular weight excluding hydrogens is 547 g/mol. The molecule has 206 valence electrons. The first-order valence-corrected chi connectivity index (χ1v) is 14.2. The van der Waals surface area contributed by atoms with Crippen LogP contribution < -0.4 is 5.32 Å². The van der Waals surface area contributed by atoms with Crippen LogP contribution in [0.5, 0.6) is 0 Å². The average molecular weight is 575 g/mol. The van der Waals surface area contributed by atoms with Crippen LogP contribution in [0.2, 0.25) is 5.02 Å². The van der Waals surface area contributed by atoms with Gasteiger partial charge in [-0.2, -0.15) is 0 Å². The highest BCUT2D eigenvalue weighted by Crippen LogP contribution is 2.60. The Morgan fingerprint density at radius 2 is 2.23 bits per heavy atom. The van der Waals surface area contributed by atoms with E-state index in [1.165, 1.54) is 23.5 Å². The van der Waals surface area contributed by atoms with Gasteiger partial charge < -0.3 is 19.9 Å². The maximum absolute atomic E-state index is 14.0. The largest absolute Gasteiger partial charge is 0.481 e. The number of ether oxygens (including phenoxy) is 2. The van der Waals surface area contributed by atoms with Crippen molar-refractivity contribution in [3.63, 3.8) is 0 Å². The molecule has 2 N–H and O–H groups in total. The summed E-state index contributed by atoms with van der Waals surface area (Å²) in [6.45, 7) is 3.46. The molecule has 0 radical (unpaired) electrons. The van der Waals surface area contributed by atoms with Crippen molar-refractivity contribution >= 4 is 40.7 Å². The third-order valence-electron chi connectivity index (χ3n) is 8.32. The molecule has 2 saturated heterocycles. The smallest absolute Gasteiger partial charge is 0.338 e. The highest BCUT2D eigenvalue weighted by atomic mass is 35.5. The van der Waals surface area contributed by atoms with E-state index in [0.717, 1.165) is 12.8 Å². The number of esters is 1. The number of likely N-dealkylation sites (tertiary alicyclic amines) is 1. The van der Waals surface area contributed by atoms with Crippen molar-refractivity contribution in [2.45, 2.75) is 44.3 Å². The summed E-state index contributed by atoms with van der Waals surface area (Å²) in [6.07, 6.45) is 3.39. The number of rotatable bonds is 8. The molecule has 1 aliphatic carbocycles. The summed E-state index contributed by atoms with van der Waals surface area (Å²) in [5, 5.41) is 15.4. The molecule has 1 spiro atoms. The van der Waals surface area contributed by atoms with Gasteiger partial charge >= 0.3 is 11.9 Å². The van der Waals surface area contributed by atoms with Crippen LogP contribution in [-0.2, 0) is 19.1 Å². The number of nitrogens with zero attached hydrogens (tertiary/aromatic N) is 3. The number of carboxylic acid groups (broad SMARTS) is 1. The third-order valence-corrected chi connectivity index (χ3v) is 9.42. The standard InChI is InChI=1S/C27H28ClFN4O5S/c1-2-38-26(36)22-18(11-33-19-7-14(8-21(34)35)10-27(19)13-37-12-20(27)33)31-24(25-30-5-6-39-25)32-23(22)16-4-3-15(29)9-17(16)28/h3-6,9,14,19-20,23H,2,7-8,10-13H2,1H3,(H,31,32)(H,34,35)/t14?,19?,20?,23-,27?/m0/s1. The number of aliphatic imine (C=N–C) groups is 1. The zero-order valence-electron chi connectivity index (χ0n) is 21.2. The van der Waals surface area contributed by atoms with Gasteiger partial charge in [0, 0.05) is 58.3 Å². The van der Waals surface area contributed by atoms with Crippen molar-refractivity contribution in [2.75, 3.05) is 26.4 Å². The number of nitrogens with one attached hydrogen (secondary N) is 1. The Kier molecular flexibility index (Phi) is 6.95. The molecule has 0 bridgehead atoms. The molecule has 4 heterocycles. The fourth-order valence-electron chi connectivity index (χ4n) is 6.84. The molecule has 2 aromatic rings. The molecule has 9 nitrogen and oxygen atoms in total. The molecule has 1 saturated carbocycles. The number of carboxylic acids is 1. The molecule has 3 aliphatic heterocycles. The fraction of sp³-hybridized carbons (Fsp3) is 0.481. The minimum absolute atomic E-state index is 0.0642. The summed E-state index contributed by atoms with van der Waals surface area (Å²) < 4.78 is 25.3. The lowest BCUT2D eigenvalue weighted by Gasteiger charge is -2.57. The normalized spacial score (nSPS) is 29.8. The fourth-order valence-corrected chi connectivity index (χ4v) is 7.70. The van der Waals surface area contributed by atoms with Gasteiger partial charge in [-0.05, 0) is 37.8 Å². The van der Waals surface area contributed by atoms with Gasteiger partial charge in [-0.1, -0.05) is 17.7 Å². The van der Waals surface area contributed by atoms with Gasteiger partial charge in [0.2, 0.25) is 0 Å². The van der Waals surface area contributed by atoms with E-state index in [1.807, 2.05) is 5.38 Å². The summed E-state index contributed by atoms with van der Waals surface area (Å²) in [5.74, 6) is -1.24. The molecule has 39 heavy (non-hydrogen) atoms. The van der Waals surface area contributed by atoms with Gasteiger partial charge in [0.25, 0.3) is 0 Å². The minimum Gasteiger partial charge on any atom is -0.481 e. The molecular formula is C27H28ClFN4O5S. The van der Waals surface area contributed by atoms with Gasteiger partial charge in [-0.25, -0.2) is 14.2 Å². The SMILES string of the molecule is CCOC(=O)C1=C(CN2C3COCC34CC(CC(=O)O)CC24)NC(c2nccs2)=N[C@H]1c1ccc(F)cc1Cl. The quantitative estimate of drug-likeness (QED) is 0.458. The third kappa shape index (κ3) is 4.55. The molecule has 4 aliphatic rings. The zero-order chi connectivity index (χ0) is 27.3. The Bertz CT molecular complexity index is 1370. The number of hydrogen-bond donors (Lipinski definition) is 2. The lowest BCUT2D eigenvalue weighted by atomic mass is 9.68. The first kappa shape index (κ1) is 26.4. The van der Waals surface area contributed by atoms with Gasteiger partial charge in [0.1, 0.15) is 11.9 Å². The van der Waals surface area contributed by atoms with Crippen LogP contribution in [0, 0.1) is 17.2 Å². The van der Waals surface area contributed by atoms with Crippen LogP contribution in [-0.4, -0.2) is 71.2 Å². The average Bonchev–Trinajstić information content (AvgIpc) is 3.61. The Hall–Kier alpha value is -2.86. The summed E-state index contributed by atoms with van der Waals surface area (Å²) in [6, 6.07) is 3.48. The number of carbonyl (C=O) groups excluding carboxylic acids is 1. The predicted octanol–water partition coefficient (Wildman–Crippen LogP) is 3.80. The van der Waals surface area contributed by atoms with Crippen LogP contribution >= 0.6 is 22.9 Å². The van der Waals surface area contributed by atoms with Gasteiger partial charge in [-0.3, -0.25) is 14.7 Å². The minimum atomic E-state index is -0.832. The molecule has 1 aromatic carbocycles. The number of aromatic nitrogens is 1. The predicted molar refractivity (Wildman–Crippen MR) is 142 cm³/mol. The first-order valence-electron chi connectivity index (χ1n) is 13.0. The Morgan fingerprint density at radius 3 is 2.95 bits per heavy atom. The van der Waals surface area contributed by atoms with Crippen molar-refractivity contribution in [1.29, 1.82) is 0 Å². The van der Waals surface area contributed by atoms with E-state index in [-0.39, 0.29) is 41.5 Å². The Morgan fingerprint density at radius 1 is 1.38 bits per heavy atom. The molecule has 6 rings (SSSR count). The molecule has 5 atom stereocenters. The Labute approximate surface area is 233 Å². The zero-order valence-corrected chi connectivity index (χ0v) is 22.8. The maximum atomic E-state index is 14.0. The molecule has 3 fully saturated rings. The van der Waals surface area contributed by atoms with Gasteiger partial charge in [-0.15, -0.1) is 11.3 Å². The number of aliphatic carboxylic acids is 1. The van der Waals surface area contributed by atoms with E-state index in [0.29, 0.717) is 47.4 Å². The molecule has 1 aromatic heterocycles. The molecule has 4 unspecified atom stereocenters. The van der Waals surface area contributed by atoms with Crippen LogP contribution in [0.25, 0.3) is 0 Å². The number of halogens is 2. The summed E-state index contributed by atoms with van der Waals surface area (Å²) in [7, 11) is 0. The maximum Gasteiger partial charge on any atom is 0.338 e. The van der Waals surface area contributed by atoms with Crippen LogP contribution in [0.1, 0.15) is 42.8 Å². The van der Waals surface area contributed by atoms with E-state index in [1.54, 1.807) is 19.2 Å². The van der Waals surface area contributed by atoms with E-state index in [2.05, 4.69) is 15.2 Å². The van der Waals surface area contributed by atoms with E-state index in [9.17, 15) is 19.1 Å². The van der Waals surface area contributed by atoms with Crippen molar-refractivity contribution in [3.05, 3.63) is 62.5 Å². The van der Waals surface area contributed by atoms with E-state index >= 15 is 0 Å². The first-order chi connectivity index (χ1) is 18.8. The molecule has 0 amide bonds.